The van der Waals surface area contributed by atoms with Gasteiger partial charge in [0, 0.05) is 20.1 Å². The lowest BCUT2D eigenvalue weighted by atomic mass is 10.1. The maximum Gasteiger partial charge on any atom is 0.191 e. The first-order chi connectivity index (χ1) is 12.1. The number of aliphatic imine (C=N–C) groups is 1. The van der Waals surface area contributed by atoms with Gasteiger partial charge in [-0.3, -0.25) is 4.99 Å². The van der Waals surface area contributed by atoms with Crippen LogP contribution in [0.4, 0.5) is 4.39 Å². The SMILES string of the molecule is CN=C(NCc1ccc(F)c(C)c1)NCc1ccc(OC)c(OC)c1. The van der Waals surface area contributed by atoms with Crippen LogP contribution in [0.5, 0.6) is 11.5 Å². The van der Waals surface area contributed by atoms with Gasteiger partial charge in [0.15, 0.2) is 17.5 Å². The molecule has 0 spiro atoms. The van der Waals surface area contributed by atoms with Gasteiger partial charge >= 0.3 is 0 Å². The van der Waals surface area contributed by atoms with Crippen molar-refractivity contribution in [2.75, 3.05) is 21.3 Å². The molecule has 0 saturated heterocycles. The summed E-state index contributed by atoms with van der Waals surface area (Å²) in [5.41, 5.74) is 2.67. The second-order valence-corrected chi connectivity index (χ2v) is 5.55. The van der Waals surface area contributed by atoms with Gasteiger partial charge in [0.2, 0.25) is 0 Å². The van der Waals surface area contributed by atoms with Crippen LogP contribution in [0, 0.1) is 12.7 Å². The van der Waals surface area contributed by atoms with Crippen molar-refractivity contribution in [3.8, 4) is 11.5 Å². The van der Waals surface area contributed by atoms with Crippen molar-refractivity contribution in [3.05, 3.63) is 58.9 Å². The van der Waals surface area contributed by atoms with Gasteiger partial charge in [-0.2, -0.15) is 0 Å². The first-order valence-electron chi connectivity index (χ1n) is 7.97. The molecule has 0 bridgehead atoms. The van der Waals surface area contributed by atoms with Crippen LogP contribution < -0.4 is 20.1 Å². The van der Waals surface area contributed by atoms with Gasteiger partial charge in [-0.1, -0.05) is 18.2 Å². The average Bonchev–Trinajstić information content (AvgIpc) is 2.64. The van der Waals surface area contributed by atoms with Crippen molar-refractivity contribution in [1.29, 1.82) is 0 Å². The number of hydrogen-bond acceptors (Lipinski definition) is 3. The van der Waals surface area contributed by atoms with Gasteiger partial charge in [0.05, 0.1) is 14.2 Å². The standard InChI is InChI=1S/C19H24FN3O2/c1-13-9-14(5-7-16(13)20)11-22-19(21-2)23-12-15-6-8-17(24-3)18(10-15)25-4/h5-10H,11-12H2,1-4H3,(H2,21,22,23). The monoisotopic (exact) mass is 345 g/mol. The minimum atomic E-state index is -0.195. The van der Waals surface area contributed by atoms with E-state index in [0.29, 0.717) is 36.1 Å². The summed E-state index contributed by atoms with van der Waals surface area (Å²) in [5, 5.41) is 6.45. The Labute approximate surface area is 147 Å². The fourth-order valence-electron chi connectivity index (χ4n) is 2.40. The zero-order valence-electron chi connectivity index (χ0n) is 15.0. The molecule has 2 N–H and O–H groups in total. The quantitative estimate of drug-likeness (QED) is 0.624. The minimum absolute atomic E-state index is 0.195. The topological polar surface area (TPSA) is 54.9 Å². The molecule has 0 radical (unpaired) electrons. The normalized spacial score (nSPS) is 11.2. The molecule has 2 aromatic rings. The molecule has 5 nitrogen and oxygen atoms in total. The zero-order valence-corrected chi connectivity index (χ0v) is 15.0. The number of ether oxygens (including phenoxy) is 2. The fraction of sp³-hybridized carbons (Fsp3) is 0.316. The predicted molar refractivity (Wildman–Crippen MR) is 97.7 cm³/mol. The van der Waals surface area contributed by atoms with Crippen LogP contribution in [0.1, 0.15) is 16.7 Å². The van der Waals surface area contributed by atoms with E-state index >= 15 is 0 Å². The highest BCUT2D eigenvalue weighted by Crippen LogP contribution is 2.27. The summed E-state index contributed by atoms with van der Waals surface area (Å²) >= 11 is 0. The molecule has 0 heterocycles. The number of hydrogen-bond donors (Lipinski definition) is 2. The molecule has 134 valence electrons. The summed E-state index contributed by atoms with van der Waals surface area (Å²) < 4.78 is 23.9. The third kappa shape index (κ3) is 5.11. The Morgan fingerprint density at radius 3 is 2.12 bits per heavy atom. The van der Waals surface area contributed by atoms with E-state index in [0.717, 1.165) is 11.1 Å². The summed E-state index contributed by atoms with van der Waals surface area (Å²) in [6.07, 6.45) is 0. The number of nitrogens with zero attached hydrogens (tertiary/aromatic N) is 1. The summed E-state index contributed by atoms with van der Waals surface area (Å²) in [6.45, 7) is 2.90. The summed E-state index contributed by atoms with van der Waals surface area (Å²) in [5.74, 6) is 1.85. The average molecular weight is 345 g/mol. The van der Waals surface area contributed by atoms with Gasteiger partial charge in [-0.25, -0.2) is 4.39 Å². The molecule has 0 saturated carbocycles. The molecule has 0 amide bonds. The number of aryl methyl sites for hydroxylation is 1. The third-order valence-electron chi connectivity index (χ3n) is 3.81. The van der Waals surface area contributed by atoms with E-state index in [-0.39, 0.29) is 5.82 Å². The minimum Gasteiger partial charge on any atom is -0.493 e. The van der Waals surface area contributed by atoms with Crippen LogP contribution in [0.3, 0.4) is 0 Å². The van der Waals surface area contributed by atoms with Gasteiger partial charge in [-0.15, -0.1) is 0 Å². The molecule has 25 heavy (non-hydrogen) atoms. The molecule has 6 heteroatoms. The molecule has 2 aromatic carbocycles. The predicted octanol–water partition coefficient (Wildman–Crippen LogP) is 3.02. The van der Waals surface area contributed by atoms with Gasteiger partial charge in [0.25, 0.3) is 0 Å². The van der Waals surface area contributed by atoms with Gasteiger partial charge in [-0.05, 0) is 41.8 Å². The molecule has 0 aliphatic rings. The van der Waals surface area contributed by atoms with Crippen LogP contribution in [0.2, 0.25) is 0 Å². The molecule has 0 aliphatic heterocycles. The van der Waals surface area contributed by atoms with E-state index in [1.54, 1.807) is 34.3 Å². The summed E-state index contributed by atoms with van der Waals surface area (Å²) in [4.78, 5) is 4.20. The summed E-state index contributed by atoms with van der Waals surface area (Å²) in [6, 6.07) is 10.8. The Bertz CT molecular complexity index is 747. The number of benzene rings is 2. The van der Waals surface area contributed by atoms with Crippen molar-refractivity contribution in [3.63, 3.8) is 0 Å². The highest BCUT2D eigenvalue weighted by molar-refractivity contribution is 5.79. The Kier molecular flexibility index (Phi) is 6.62. The van der Waals surface area contributed by atoms with E-state index in [1.165, 1.54) is 6.07 Å². The molecule has 0 unspecified atom stereocenters. The van der Waals surface area contributed by atoms with Crippen molar-refractivity contribution in [2.24, 2.45) is 4.99 Å². The molecule has 0 aliphatic carbocycles. The zero-order chi connectivity index (χ0) is 18.2. The number of guanidine groups is 1. The van der Waals surface area contributed by atoms with Crippen molar-refractivity contribution < 1.29 is 13.9 Å². The van der Waals surface area contributed by atoms with Crippen molar-refractivity contribution >= 4 is 5.96 Å². The smallest absolute Gasteiger partial charge is 0.191 e. The number of nitrogens with one attached hydrogen (secondary N) is 2. The first-order valence-corrected chi connectivity index (χ1v) is 7.97. The van der Waals surface area contributed by atoms with Crippen LogP contribution in [-0.2, 0) is 13.1 Å². The van der Waals surface area contributed by atoms with Crippen LogP contribution in [0.15, 0.2) is 41.4 Å². The van der Waals surface area contributed by atoms with E-state index in [2.05, 4.69) is 15.6 Å². The van der Waals surface area contributed by atoms with E-state index < -0.39 is 0 Å². The second-order valence-electron chi connectivity index (χ2n) is 5.55. The Balaban J connectivity index is 1.93. The lowest BCUT2D eigenvalue weighted by Gasteiger charge is -2.14. The number of rotatable bonds is 6. The van der Waals surface area contributed by atoms with E-state index in [1.807, 2.05) is 24.3 Å². The maximum atomic E-state index is 13.3. The molecular formula is C19H24FN3O2. The van der Waals surface area contributed by atoms with Crippen molar-refractivity contribution in [1.82, 2.24) is 10.6 Å². The van der Waals surface area contributed by atoms with E-state index in [9.17, 15) is 4.39 Å². The van der Waals surface area contributed by atoms with Crippen molar-refractivity contribution in [2.45, 2.75) is 20.0 Å². The number of halogens is 1. The molecular weight excluding hydrogens is 321 g/mol. The maximum absolute atomic E-state index is 13.3. The fourth-order valence-corrected chi connectivity index (χ4v) is 2.40. The van der Waals surface area contributed by atoms with Crippen LogP contribution in [0.25, 0.3) is 0 Å². The highest BCUT2D eigenvalue weighted by Gasteiger charge is 2.06. The Morgan fingerprint density at radius 1 is 0.960 bits per heavy atom. The molecule has 0 fully saturated rings. The summed E-state index contributed by atoms with van der Waals surface area (Å²) in [7, 11) is 4.93. The lowest BCUT2D eigenvalue weighted by Crippen LogP contribution is -2.36. The highest BCUT2D eigenvalue weighted by atomic mass is 19.1. The molecule has 0 aromatic heterocycles. The van der Waals surface area contributed by atoms with Crippen LogP contribution in [-0.4, -0.2) is 27.2 Å². The third-order valence-corrected chi connectivity index (χ3v) is 3.81. The van der Waals surface area contributed by atoms with E-state index in [4.69, 9.17) is 9.47 Å². The first kappa shape index (κ1) is 18.6. The largest absolute Gasteiger partial charge is 0.493 e. The van der Waals surface area contributed by atoms with Crippen LogP contribution >= 0.6 is 0 Å². The second kappa shape index (κ2) is 8.92. The molecule has 0 atom stereocenters. The van der Waals surface area contributed by atoms with Gasteiger partial charge in [0.1, 0.15) is 5.82 Å². The molecule has 2 rings (SSSR count). The Morgan fingerprint density at radius 2 is 1.56 bits per heavy atom. The number of methoxy groups -OCH3 is 2. The lowest BCUT2D eigenvalue weighted by molar-refractivity contribution is 0.354. The Hall–Kier alpha value is -2.76. The van der Waals surface area contributed by atoms with Gasteiger partial charge < -0.3 is 20.1 Å².